The van der Waals surface area contributed by atoms with Crippen molar-refractivity contribution in [2.45, 2.75) is 13.0 Å². The minimum Gasteiger partial charge on any atom is -0.398 e. The van der Waals surface area contributed by atoms with Crippen LogP contribution >= 0.6 is 11.3 Å². The molecule has 0 radical (unpaired) electrons. The van der Waals surface area contributed by atoms with Gasteiger partial charge in [0.05, 0.1) is 16.5 Å². The first kappa shape index (κ1) is 13.9. The quantitative estimate of drug-likeness (QED) is 0.509. The van der Waals surface area contributed by atoms with E-state index in [0.717, 1.165) is 5.01 Å². The SMILES string of the molecule is CC(NC(=O)c1cc([N+](=O)[O-])ccc1N)c1nccs1. The highest BCUT2D eigenvalue weighted by atomic mass is 32.1. The number of nitrogens with one attached hydrogen (secondary N) is 1. The van der Waals surface area contributed by atoms with Gasteiger partial charge in [-0.1, -0.05) is 0 Å². The molecular formula is C12H12N4O3S. The molecule has 0 bridgehead atoms. The van der Waals surface area contributed by atoms with Gasteiger partial charge in [-0.2, -0.15) is 0 Å². The van der Waals surface area contributed by atoms with Crippen LogP contribution < -0.4 is 11.1 Å². The molecule has 0 saturated heterocycles. The predicted molar refractivity (Wildman–Crippen MR) is 75.5 cm³/mol. The van der Waals surface area contributed by atoms with Crippen molar-refractivity contribution in [2.24, 2.45) is 0 Å². The Bertz CT molecular complexity index is 642. The Labute approximate surface area is 118 Å². The third-order valence-corrected chi connectivity index (χ3v) is 3.62. The molecule has 0 aliphatic carbocycles. The second-order valence-electron chi connectivity index (χ2n) is 4.09. The maximum atomic E-state index is 12.1. The van der Waals surface area contributed by atoms with Crippen molar-refractivity contribution in [2.75, 3.05) is 5.73 Å². The number of anilines is 1. The fourth-order valence-corrected chi connectivity index (χ4v) is 2.28. The van der Waals surface area contributed by atoms with Crippen LogP contribution in [0.3, 0.4) is 0 Å². The summed E-state index contributed by atoms with van der Waals surface area (Å²) in [4.78, 5) is 26.4. The number of nitro groups is 1. The highest BCUT2D eigenvalue weighted by Gasteiger charge is 2.18. The van der Waals surface area contributed by atoms with Gasteiger partial charge >= 0.3 is 0 Å². The number of hydrogen-bond acceptors (Lipinski definition) is 6. The summed E-state index contributed by atoms with van der Waals surface area (Å²) >= 11 is 1.42. The molecule has 1 atom stereocenters. The number of nitrogen functional groups attached to an aromatic ring is 1. The van der Waals surface area contributed by atoms with Crippen molar-refractivity contribution >= 4 is 28.6 Å². The van der Waals surface area contributed by atoms with E-state index in [1.54, 1.807) is 18.5 Å². The Kier molecular flexibility index (Phi) is 3.94. The number of nitro benzene ring substituents is 1. The van der Waals surface area contributed by atoms with Crippen LogP contribution in [0.25, 0.3) is 0 Å². The van der Waals surface area contributed by atoms with E-state index in [2.05, 4.69) is 10.3 Å². The van der Waals surface area contributed by atoms with Crippen molar-refractivity contribution < 1.29 is 9.72 Å². The molecule has 2 aromatic rings. The monoisotopic (exact) mass is 292 g/mol. The Hall–Kier alpha value is -2.48. The molecule has 0 spiro atoms. The Balaban J connectivity index is 2.20. The van der Waals surface area contributed by atoms with Crippen LogP contribution in [0.5, 0.6) is 0 Å². The highest BCUT2D eigenvalue weighted by Crippen LogP contribution is 2.21. The molecule has 1 aromatic heterocycles. The zero-order valence-corrected chi connectivity index (χ0v) is 11.4. The van der Waals surface area contributed by atoms with Crippen molar-refractivity contribution in [3.8, 4) is 0 Å². The largest absolute Gasteiger partial charge is 0.398 e. The summed E-state index contributed by atoms with van der Waals surface area (Å²) < 4.78 is 0. The molecule has 0 saturated carbocycles. The van der Waals surface area contributed by atoms with Crippen molar-refractivity contribution in [1.29, 1.82) is 0 Å². The van der Waals surface area contributed by atoms with E-state index in [0.29, 0.717) is 0 Å². The normalized spacial score (nSPS) is 11.8. The molecule has 2 rings (SSSR count). The summed E-state index contributed by atoms with van der Waals surface area (Å²) in [5.41, 5.74) is 5.79. The van der Waals surface area contributed by atoms with E-state index in [4.69, 9.17) is 5.73 Å². The van der Waals surface area contributed by atoms with Gasteiger partial charge < -0.3 is 11.1 Å². The van der Waals surface area contributed by atoms with Crippen molar-refractivity contribution in [1.82, 2.24) is 10.3 Å². The van der Waals surface area contributed by atoms with Gasteiger partial charge in [0.15, 0.2) is 0 Å². The summed E-state index contributed by atoms with van der Waals surface area (Å²) in [5, 5.41) is 16.0. The van der Waals surface area contributed by atoms with Crippen molar-refractivity contribution in [3.63, 3.8) is 0 Å². The summed E-state index contributed by atoms with van der Waals surface area (Å²) in [5.74, 6) is -0.464. The molecule has 1 unspecified atom stereocenters. The van der Waals surface area contributed by atoms with Gasteiger partial charge in [0.1, 0.15) is 5.01 Å². The number of aromatic nitrogens is 1. The first-order valence-electron chi connectivity index (χ1n) is 5.73. The second kappa shape index (κ2) is 5.66. The first-order valence-corrected chi connectivity index (χ1v) is 6.61. The molecule has 1 heterocycles. The maximum absolute atomic E-state index is 12.1. The Morgan fingerprint density at radius 1 is 1.55 bits per heavy atom. The van der Waals surface area contributed by atoms with Gasteiger partial charge in [0.25, 0.3) is 11.6 Å². The van der Waals surface area contributed by atoms with Gasteiger partial charge in [-0.3, -0.25) is 14.9 Å². The third-order valence-electron chi connectivity index (χ3n) is 2.66. The van der Waals surface area contributed by atoms with Crippen LogP contribution in [0, 0.1) is 10.1 Å². The summed E-state index contributed by atoms with van der Waals surface area (Å²) in [6.07, 6.45) is 1.64. The fourth-order valence-electron chi connectivity index (χ4n) is 1.64. The van der Waals surface area contributed by atoms with Crippen LogP contribution in [0.15, 0.2) is 29.8 Å². The minimum absolute atomic E-state index is 0.0857. The zero-order valence-electron chi connectivity index (χ0n) is 10.6. The van der Waals surface area contributed by atoms with Gasteiger partial charge in [-0.15, -0.1) is 11.3 Å². The molecule has 1 aromatic carbocycles. The van der Waals surface area contributed by atoms with Crippen LogP contribution in [-0.2, 0) is 0 Å². The molecule has 0 fully saturated rings. The number of benzene rings is 1. The van der Waals surface area contributed by atoms with E-state index in [-0.39, 0.29) is 23.0 Å². The number of carbonyl (C=O) groups is 1. The number of amides is 1. The number of hydrogen-bond donors (Lipinski definition) is 2. The Morgan fingerprint density at radius 3 is 2.90 bits per heavy atom. The summed E-state index contributed by atoms with van der Waals surface area (Å²) in [6, 6.07) is 3.48. The average molecular weight is 292 g/mol. The molecule has 8 heteroatoms. The molecule has 3 N–H and O–H groups in total. The standard InChI is InChI=1S/C12H12N4O3S/c1-7(12-14-4-5-20-12)15-11(17)9-6-8(16(18)19)2-3-10(9)13/h2-7H,13H2,1H3,(H,15,17). The van der Waals surface area contributed by atoms with E-state index < -0.39 is 10.8 Å². The summed E-state index contributed by atoms with van der Waals surface area (Å²) in [7, 11) is 0. The molecule has 7 nitrogen and oxygen atoms in total. The van der Waals surface area contributed by atoms with Crippen molar-refractivity contribution in [3.05, 3.63) is 50.5 Å². The predicted octanol–water partition coefficient (Wildman–Crippen LogP) is 2.12. The first-order chi connectivity index (χ1) is 9.49. The minimum atomic E-state index is -0.569. The molecule has 0 aliphatic heterocycles. The lowest BCUT2D eigenvalue weighted by Crippen LogP contribution is -2.27. The highest BCUT2D eigenvalue weighted by molar-refractivity contribution is 7.09. The summed E-state index contributed by atoms with van der Waals surface area (Å²) in [6.45, 7) is 1.78. The van der Waals surface area contributed by atoms with Gasteiger partial charge in [-0.25, -0.2) is 4.98 Å². The number of thiazole rings is 1. The van der Waals surface area contributed by atoms with Gasteiger partial charge in [-0.05, 0) is 13.0 Å². The Morgan fingerprint density at radius 2 is 2.30 bits per heavy atom. The zero-order chi connectivity index (χ0) is 14.7. The van der Waals surface area contributed by atoms with E-state index in [1.165, 1.54) is 29.5 Å². The topological polar surface area (TPSA) is 111 Å². The van der Waals surface area contributed by atoms with Crippen LogP contribution in [-0.4, -0.2) is 15.8 Å². The number of nitrogens with two attached hydrogens (primary N) is 1. The van der Waals surface area contributed by atoms with Crippen LogP contribution in [0.1, 0.15) is 28.3 Å². The third kappa shape index (κ3) is 2.91. The second-order valence-corrected chi connectivity index (χ2v) is 5.02. The number of carbonyl (C=O) groups excluding carboxylic acids is 1. The number of non-ortho nitro benzene ring substituents is 1. The fraction of sp³-hybridized carbons (Fsp3) is 0.167. The lowest BCUT2D eigenvalue weighted by atomic mass is 10.1. The molecule has 0 aliphatic rings. The van der Waals surface area contributed by atoms with Gasteiger partial charge in [0.2, 0.25) is 0 Å². The smallest absolute Gasteiger partial charge is 0.270 e. The number of nitrogens with zero attached hydrogens (tertiary/aromatic N) is 2. The van der Waals surface area contributed by atoms with E-state index >= 15 is 0 Å². The lowest BCUT2D eigenvalue weighted by Gasteiger charge is -2.12. The lowest BCUT2D eigenvalue weighted by molar-refractivity contribution is -0.384. The molecule has 1 amide bonds. The molecular weight excluding hydrogens is 280 g/mol. The van der Waals surface area contributed by atoms with E-state index in [1.807, 2.05) is 0 Å². The maximum Gasteiger partial charge on any atom is 0.270 e. The van der Waals surface area contributed by atoms with Gasteiger partial charge in [0, 0.05) is 29.4 Å². The molecule has 20 heavy (non-hydrogen) atoms. The number of rotatable bonds is 4. The van der Waals surface area contributed by atoms with Crippen LogP contribution in [0.2, 0.25) is 0 Å². The average Bonchev–Trinajstić information content (AvgIpc) is 2.92. The van der Waals surface area contributed by atoms with Crippen LogP contribution in [0.4, 0.5) is 11.4 Å². The molecule has 104 valence electrons. The van der Waals surface area contributed by atoms with E-state index in [9.17, 15) is 14.9 Å².